The van der Waals surface area contributed by atoms with Gasteiger partial charge in [-0.2, -0.15) is 0 Å². The van der Waals surface area contributed by atoms with Crippen molar-refractivity contribution in [2.45, 2.75) is 0 Å². The van der Waals surface area contributed by atoms with Crippen LogP contribution in [0, 0.1) is 0 Å². The molecule has 0 aliphatic heterocycles. The predicted octanol–water partition coefficient (Wildman–Crippen LogP) is 4.44. The number of carbonyl (C=O) groups is 1. The number of phenols is 1. The minimum absolute atomic E-state index is 0.0255. The first-order valence-corrected chi connectivity index (χ1v) is 7.15. The Kier molecular flexibility index (Phi) is 4.25. The number of nitrogens with one attached hydrogen (secondary N) is 1. The van der Waals surface area contributed by atoms with Crippen LogP contribution >= 0.6 is 0 Å². The fourth-order valence-electron chi connectivity index (χ4n) is 2.10. The van der Waals surface area contributed by atoms with E-state index in [2.05, 4.69) is 5.32 Å². The van der Waals surface area contributed by atoms with Crippen molar-refractivity contribution < 1.29 is 14.6 Å². The molecule has 4 nitrogen and oxygen atoms in total. The summed E-state index contributed by atoms with van der Waals surface area (Å²) in [6.45, 7) is 0. The molecule has 0 saturated carbocycles. The van der Waals surface area contributed by atoms with Crippen LogP contribution in [0.4, 0.5) is 5.69 Å². The highest BCUT2D eigenvalue weighted by molar-refractivity contribution is 6.05. The molecule has 0 fully saturated rings. The van der Waals surface area contributed by atoms with Gasteiger partial charge in [-0.25, -0.2) is 0 Å². The van der Waals surface area contributed by atoms with Gasteiger partial charge in [0.25, 0.3) is 5.91 Å². The van der Waals surface area contributed by atoms with Crippen LogP contribution in [-0.2, 0) is 0 Å². The normalized spacial score (nSPS) is 10.1. The Balaban J connectivity index is 1.77. The molecule has 0 heterocycles. The Morgan fingerprint density at radius 1 is 0.826 bits per heavy atom. The zero-order valence-corrected chi connectivity index (χ0v) is 12.3. The van der Waals surface area contributed by atoms with Gasteiger partial charge in [0, 0.05) is 5.56 Å². The van der Waals surface area contributed by atoms with Gasteiger partial charge in [0.15, 0.2) is 0 Å². The van der Waals surface area contributed by atoms with E-state index in [1.54, 1.807) is 42.5 Å². The van der Waals surface area contributed by atoms with E-state index in [1.165, 1.54) is 6.07 Å². The van der Waals surface area contributed by atoms with E-state index >= 15 is 0 Å². The van der Waals surface area contributed by atoms with E-state index in [4.69, 9.17) is 4.74 Å². The lowest BCUT2D eigenvalue weighted by Crippen LogP contribution is -2.11. The second-order valence-corrected chi connectivity index (χ2v) is 4.91. The predicted molar refractivity (Wildman–Crippen MR) is 89.0 cm³/mol. The lowest BCUT2D eigenvalue weighted by molar-refractivity contribution is 0.102. The number of ether oxygens (including phenoxy) is 1. The van der Waals surface area contributed by atoms with Crippen molar-refractivity contribution in [2.75, 3.05) is 5.32 Å². The standard InChI is InChI=1S/C19H15NO3/c21-18-12-5-4-11-17(18)20-19(22)14-7-6-10-16(13-14)23-15-8-2-1-3-9-15/h1-13,21H,(H,20,22). The summed E-state index contributed by atoms with van der Waals surface area (Å²) >= 11 is 0. The number of rotatable bonds is 4. The van der Waals surface area contributed by atoms with E-state index in [1.807, 2.05) is 30.3 Å². The van der Waals surface area contributed by atoms with Crippen LogP contribution in [0.3, 0.4) is 0 Å². The van der Waals surface area contributed by atoms with Gasteiger partial charge >= 0.3 is 0 Å². The molecule has 0 spiro atoms. The Hall–Kier alpha value is -3.27. The smallest absolute Gasteiger partial charge is 0.255 e. The van der Waals surface area contributed by atoms with Crippen molar-refractivity contribution in [3.8, 4) is 17.2 Å². The molecule has 0 saturated heterocycles. The third-order valence-corrected chi connectivity index (χ3v) is 3.23. The summed E-state index contributed by atoms with van der Waals surface area (Å²) in [5.74, 6) is 0.981. The van der Waals surface area contributed by atoms with Crippen molar-refractivity contribution in [1.29, 1.82) is 0 Å². The highest BCUT2D eigenvalue weighted by Gasteiger charge is 2.09. The van der Waals surface area contributed by atoms with Crippen LogP contribution in [0.1, 0.15) is 10.4 Å². The number of benzene rings is 3. The Morgan fingerprint density at radius 3 is 2.30 bits per heavy atom. The molecule has 114 valence electrons. The van der Waals surface area contributed by atoms with Crippen LogP contribution < -0.4 is 10.1 Å². The van der Waals surface area contributed by atoms with Crippen LogP contribution in [0.15, 0.2) is 78.9 Å². The van der Waals surface area contributed by atoms with Crippen molar-refractivity contribution >= 4 is 11.6 Å². The fraction of sp³-hybridized carbons (Fsp3) is 0. The number of carbonyl (C=O) groups excluding carboxylic acids is 1. The first kappa shape index (κ1) is 14.7. The molecule has 0 aliphatic rings. The number of amides is 1. The number of anilines is 1. The maximum absolute atomic E-state index is 12.3. The summed E-state index contributed by atoms with van der Waals surface area (Å²) in [6, 6.07) is 22.8. The molecule has 0 aliphatic carbocycles. The average molecular weight is 305 g/mol. The molecule has 0 aromatic heterocycles. The Morgan fingerprint density at radius 2 is 1.52 bits per heavy atom. The quantitative estimate of drug-likeness (QED) is 0.701. The van der Waals surface area contributed by atoms with E-state index in [9.17, 15) is 9.90 Å². The average Bonchev–Trinajstić information content (AvgIpc) is 2.58. The van der Waals surface area contributed by atoms with Crippen LogP contribution in [0.2, 0.25) is 0 Å². The first-order valence-electron chi connectivity index (χ1n) is 7.15. The Bertz CT molecular complexity index is 816. The summed E-state index contributed by atoms with van der Waals surface area (Å²) in [7, 11) is 0. The van der Waals surface area contributed by atoms with Gasteiger partial charge in [0.1, 0.15) is 17.2 Å². The lowest BCUT2D eigenvalue weighted by atomic mass is 10.2. The summed E-state index contributed by atoms with van der Waals surface area (Å²) in [5, 5.41) is 12.4. The molecule has 0 unspecified atom stereocenters. The molecular formula is C19H15NO3. The van der Waals surface area contributed by atoms with E-state index in [-0.39, 0.29) is 11.7 Å². The van der Waals surface area contributed by atoms with E-state index in [0.717, 1.165) is 0 Å². The van der Waals surface area contributed by atoms with Gasteiger partial charge in [-0.3, -0.25) is 4.79 Å². The van der Waals surface area contributed by atoms with Gasteiger partial charge in [0.05, 0.1) is 5.69 Å². The van der Waals surface area contributed by atoms with Crippen LogP contribution in [0.25, 0.3) is 0 Å². The minimum Gasteiger partial charge on any atom is -0.506 e. The first-order chi connectivity index (χ1) is 11.2. The number of para-hydroxylation sites is 3. The number of hydrogen-bond donors (Lipinski definition) is 2. The number of aromatic hydroxyl groups is 1. The Labute approximate surface area is 134 Å². The maximum Gasteiger partial charge on any atom is 0.255 e. The molecule has 0 atom stereocenters. The summed E-state index contributed by atoms with van der Waals surface area (Å²) in [6.07, 6.45) is 0. The van der Waals surface area contributed by atoms with Crippen molar-refractivity contribution in [2.24, 2.45) is 0 Å². The molecule has 3 rings (SSSR count). The summed E-state index contributed by atoms with van der Waals surface area (Å²) in [5.41, 5.74) is 0.813. The second-order valence-electron chi connectivity index (χ2n) is 4.91. The molecule has 0 radical (unpaired) electrons. The van der Waals surface area contributed by atoms with Crippen molar-refractivity contribution in [1.82, 2.24) is 0 Å². The van der Waals surface area contributed by atoms with Crippen LogP contribution in [0.5, 0.6) is 17.2 Å². The highest BCUT2D eigenvalue weighted by atomic mass is 16.5. The van der Waals surface area contributed by atoms with E-state index < -0.39 is 0 Å². The molecule has 2 N–H and O–H groups in total. The van der Waals surface area contributed by atoms with Crippen molar-refractivity contribution in [3.05, 3.63) is 84.4 Å². The maximum atomic E-state index is 12.3. The lowest BCUT2D eigenvalue weighted by Gasteiger charge is -2.09. The minimum atomic E-state index is -0.315. The number of hydrogen-bond acceptors (Lipinski definition) is 3. The monoisotopic (exact) mass is 305 g/mol. The third kappa shape index (κ3) is 3.68. The molecule has 1 amide bonds. The second kappa shape index (κ2) is 6.66. The summed E-state index contributed by atoms with van der Waals surface area (Å²) < 4.78 is 5.71. The molecule has 3 aromatic rings. The van der Waals surface area contributed by atoms with Crippen LogP contribution in [-0.4, -0.2) is 11.0 Å². The topological polar surface area (TPSA) is 58.6 Å². The summed E-state index contributed by atoms with van der Waals surface area (Å²) in [4.78, 5) is 12.3. The van der Waals surface area contributed by atoms with E-state index in [0.29, 0.717) is 22.7 Å². The third-order valence-electron chi connectivity index (χ3n) is 3.23. The molecule has 23 heavy (non-hydrogen) atoms. The highest BCUT2D eigenvalue weighted by Crippen LogP contribution is 2.24. The SMILES string of the molecule is O=C(Nc1ccccc1O)c1cccc(Oc2ccccc2)c1. The molecule has 3 aromatic carbocycles. The number of phenolic OH excluding ortho intramolecular Hbond substituents is 1. The van der Waals surface area contributed by atoms with Gasteiger partial charge in [-0.15, -0.1) is 0 Å². The van der Waals surface area contributed by atoms with Gasteiger partial charge in [-0.05, 0) is 42.5 Å². The van der Waals surface area contributed by atoms with Gasteiger partial charge < -0.3 is 15.2 Å². The largest absolute Gasteiger partial charge is 0.506 e. The fourth-order valence-corrected chi connectivity index (χ4v) is 2.10. The van der Waals surface area contributed by atoms with Gasteiger partial charge in [0.2, 0.25) is 0 Å². The molecule has 4 heteroatoms. The van der Waals surface area contributed by atoms with Gasteiger partial charge in [-0.1, -0.05) is 36.4 Å². The van der Waals surface area contributed by atoms with Crippen molar-refractivity contribution in [3.63, 3.8) is 0 Å². The zero-order chi connectivity index (χ0) is 16.1. The zero-order valence-electron chi connectivity index (χ0n) is 12.3. The molecular weight excluding hydrogens is 290 g/mol. The molecule has 0 bridgehead atoms.